The van der Waals surface area contributed by atoms with Crippen LogP contribution in [0.3, 0.4) is 0 Å². The van der Waals surface area contributed by atoms with E-state index in [0.29, 0.717) is 0 Å². The fourth-order valence-electron chi connectivity index (χ4n) is 1.69. The van der Waals surface area contributed by atoms with Gasteiger partial charge in [0.2, 0.25) is 0 Å². The molecule has 90 valence electrons. The zero-order valence-electron chi connectivity index (χ0n) is 10.1. The molecule has 0 amide bonds. The number of hydrogen-bond acceptors (Lipinski definition) is 1. The van der Waals surface area contributed by atoms with Crippen LogP contribution >= 0.6 is 11.6 Å². The molecule has 0 unspecified atom stereocenters. The van der Waals surface area contributed by atoms with Gasteiger partial charge in [-0.2, -0.15) is 0 Å². The second-order valence-corrected chi connectivity index (χ2v) is 4.65. The Morgan fingerprint density at radius 2 is 1.69 bits per heavy atom. The van der Waals surface area contributed by atoms with Crippen molar-refractivity contribution >= 4 is 11.6 Å². The second kappa shape index (κ2) is 8.60. The van der Waals surface area contributed by atoms with Crippen molar-refractivity contribution in [3.8, 4) is 0 Å². The fraction of sp³-hybridized carbons (Fsp3) is 0.571. The normalized spacial score (nSPS) is 10.6. The zero-order chi connectivity index (χ0) is 11.6. The van der Waals surface area contributed by atoms with Crippen molar-refractivity contribution < 1.29 is 0 Å². The summed E-state index contributed by atoms with van der Waals surface area (Å²) in [5.41, 5.74) is 1.30. The van der Waals surface area contributed by atoms with Crippen LogP contribution in [0.2, 0.25) is 5.02 Å². The molecule has 0 spiro atoms. The van der Waals surface area contributed by atoms with Gasteiger partial charge in [0, 0.05) is 11.6 Å². The van der Waals surface area contributed by atoms with E-state index in [1.807, 2.05) is 12.1 Å². The molecule has 0 aliphatic rings. The van der Waals surface area contributed by atoms with Crippen LogP contribution < -0.4 is 5.32 Å². The second-order valence-electron chi connectivity index (χ2n) is 4.22. The Hall–Kier alpha value is -0.530. The van der Waals surface area contributed by atoms with E-state index >= 15 is 0 Å². The largest absolute Gasteiger partial charge is 0.313 e. The molecule has 1 nitrogen and oxygen atoms in total. The molecule has 0 saturated carbocycles. The average molecular weight is 240 g/mol. The predicted molar refractivity (Wildman–Crippen MR) is 71.9 cm³/mol. The molecule has 1 N–H and O–H groups in total. The first kappa shape index (κ1) is 13.5. The van der Waals surface area contributed by atoms with Crippen LogP contribution in [0, 0.1) is 0 Å². The van der Waals surface area contributed by atoms with Crippen molar-refractivity contribution in [2.45, 2.75) is 45.6 Å². The first-order valence-electron chi connectivity index (χ1n) is 6.28. The van der Waals surface area contributed by atoms with Gasteiger partial charge in [-0.3, -0.25) is 0 Å². The lowest BCUT2D eigenvalue weighted by Gasteiger charge is -2.04. The summed E-state index contributed by atoms with van der Waals surface area (Å²) >= 11 is 5.82. The van der Waals surface area contributed by atoms with Gasteiger partial charge in [-0.25, -0.2) is 0 Å². The predicted octanol–water partition coefficient (Wildman–Crippen LogP) is 4.40. The lowest BCUT2D eigenvalue weighted by molar-refractivity contribution is 0.583. The van der Waals surface area contributed by atoms with Crippen LogP contribution in [0.5, 0.6) is 0 Å². The molecule has 16 heavy (non-hydrogen) atoms. The zero-order valence-corrected chi connectivity index (χ0v) is 10.9. The molecular weight excluding hydrogens is 218 g/mol. The highest BCUT2D eigenvalue weighted by Crippen LogP contribution is 2.09. The number of hydrogen-bond donors (Lipinski definition) is 1. The lowest BCUT2D eigenvalue weighted by atomic mass is 10.1. The van der Waals surface area contributed by atoms with E-state index < -0.39 is 0 Å². The third-order valence-electron chi connectivity index (χ3n) is 2.70. The van der Waals surface area contributed by atoms with Crippen LogP contribution in [0.25, 0.3) is 0 Å². The molecule has 0 saturated heterocycles. The van der Waals surface area contributed by atoms with Gasteiger partial charge in [-0.15, -0.1) is 0 Å². The summed E-state index contributed by atoms with van der Waals surface area (Å²) in [5, 5.41) is 4.26. The number of nitrogens with one attached hydrogen (secondary N) is 1. The van der Waals surface area contributed by atoms with E-state index in [1.54, 1.807) is 0 Å². The van der Waals surface area contributed by atoms with Crippen molar-refractivity contribution in [1.29, 1.82) is 0 Å². The molecule has 0 aliphatic carbocycles. The van der Waals surface area contributed by atoms with Gasteiger partial charge in [0.25, 0.3) is 0 Å². The summed E-state index contributed by atoms with van der Waals surface area (Å²) in [6.45, 7) is 4.32. The standard InChI is InChI=1S/C14H22ClN/c1-2-3-4-5-6-11-16-12-13-7-9-14(15)10-8-13/h7-10,16H,2-6,11-12H2,1H3. The monoisotopic (exact) mass is 239 g/mol. The van der Waals surface area contributed by atoms with E-state index in [-0.39, 0.29) is 0 Å². The molecule has 0 heterocycles. The Kier molecular flexibility index (Phi) is 7.28. The van der Waals surface area contributed by atoms with Gasteiger partial charge in [0.05, 0.1) is 0 Å². The molecule has 0 radical (unpaired) electrons. The SMILES string of the molecule is CCCCCCCNCc1ccc(Cl)cc1. The first-order valence-corrected chi connectivity index (χ1v) is 6.66. The van der Waals surface area contributed by atoms with E-state index in [4.69, 9.17) is 11.6 Å². The van der Waals surface area contributed by atoms with Crippen LogP contribution in [0.4, 0.5) is 0 Å². The first-order chi connectivity index (χ1) is 7.83. The summed E-state index contributed by atoms with van der Waals surface area (Å²) in [4.78, 5) is 0. The van der Waals surface area contributed by atoms with E-state index in [2.05, 4.69) is 24.4 Å². The van der Waals surface area contributed by atoms with Crippen LogP contribution in [-0.2, 0) is 6.54 Å². The van der Waals surface area contributed by atoms with Gasteiger partial charge in [-0.05, 0) is 30.7 Å². The maximum absolute atomic E-state index is 5.82. The lowest BCUT2D eigenvalue weighted by Crippen LogP contribution is -2.14. The van der Waals surface area contributed by atoms with Crippen LogP contribution in [0.15, 0.2) is 24.3 Å². The van der Waals surface area contributed by atoms with Crippen molar-refractivity contribution in [3.05, 3.63) is 34.9 Å². The topological polar surface area (TPSA) is 12.0 Å². The molecule has 2 heteroatoms. The minimum Gasteiger partial charge on any atom is -0.313 e. The molecule has 1 aromatic carbocycles. The smallest absolute Gasteiger partial charge is 0.0406 e. The summed E-state index contributed by atoms with van der Waals surface area (Å²) in [5.74, 6) is 0. The van der Waals surface area contributed by atoms with Gasteiger partial charge in [-0.1, -0.05) is 56.3 Å². The molecule has 1 rings (SSSR count). The highest BCUT2D eigenvalue weighted by Gasteiger charge is 1.93. The summed E-state index contributed by atoms with van der Waals surface area (Å²) in [6.07, 6.45) is 6.70. The third kappa shape index (κ3) is 6.14. The minimum atomic E-state index is 0.809. The van der Waals surface area contributed by atoms with Gasteiger partial charge < -0.3 is 5.32 Å². The van der Waals surface area contributed by atoms with E-state index in [1.165, 1.54) is 37.7 Å². The molecule has 0 fully saturated rings. The molecule has 0 bridgehead atoms. The summed E-state index contributed by atoms with van der Waals surface area (Å²) < 4.78 is 0. The number of halogens is 1. The molecule has 0 atom stereocenters. The molecule has 0 aliphatic heterocycles. The number of rotatable bonds is 8. The fourth-order valence-corrected chi connectivity index (χ4v) is 1.81. The summed E-state index contributed by atoms with van der Waals surface area (Å²) in [7, 11) is 0. The number of unbranched alkanes of at least 4 members (excludes halogenated alkanes) is 4. The summed E-state index contributed by atoms with van der Waals surface area (Å²) in [6, 6.07) is 8.04. The van der Waals surface area contributed by atoms with Crippen molar-refractivity contribution in [1.82, 2.24) is 5.32 Å². The Morgan fingerprint density at radius 3 is 2.38 bits per heavy atom. The van der Waals surface area contributed by atoms with Gasteiger partial charge in [0.1, 0.15) is 0 Å². The van der Waals surface area contributed by atoms with E-state index in [0.717, 1.165) is 18.1 Å². The molecular formula is C14H22ClN. The van der Waals surface area contributed by atoms with Crippen LogP contribution in [-0.4, -0.2) is 6.54 Å². The highest BCUT2D eigenvalue weighted by molar-refractivity contribution is 6.30. The average Bonchev–Trinajstić information content (AvgIpc) is 2.30. The van der Waals surface area contributed by atoms with Crippen LogP contribution in [0.1, 0.15) is 44.6 Å². The maximum Gasteiger partial charge on any atom is 0.0406 e. The Morgan fingerprint density at radius 1 is 1.00 bits per heavy atom. The molecule has 0 aromatic heterocycles. The van der Waals surface area contributed by atoms with Gasteiger partial charge in [0.15, 0.2) is 0 Å². The third-order valence-corrected chi connectivity index (χ3v) is 2.95. The Bertz CT molecular complexity index is 269. The van der Waals surface area contributed by atoms with Crippen molar-refractivity contribution in [3.63, 3.8) is 0 Å². The van der Waals surface area contributed by atoms with Gasteiger partial charge >= 0.3 is 0 Å². The molecule has 1 aromatic rings. The number of benzene rings is 1. The Balaban J connectivity index is 2.01. The van der Waals surface area contributed by atoms with Crippen molar-refractivity contribution in [2.75, 3.05) is 6.54 Å². The highest BCUT2D eigenvalue weighted by atomic mass is 35.5. The minimum absolute atomic E-state index is 0.809. The maximum atomic E-state index is 5.82. The van der Waals surface area contributed by atoms with Crippen molar-refractivity contribution in [2.24, 2.45) is 0 Å². The van der Waals surface area contributed by atoms with E-state index in [9.17, 15) is 0 Å². The Labute approximate surface area is 104 Å². The quantitative estimate of drug-likeness (QED) is 0.663.